The monoisotopic (exact) mass is 456 g/mol. The van der Waals surface area contributed by atoms with Crippen molar-refractivity contribution >= 4 is 8.80 Å². The summed E-state index contributed by atoms with van der Waals surface area (Å²) in [4.78, 5) is 0. The SMILES string of the molecule is CCO[Si](CCCCCCCCCCc1c(F)c(F)c(F)c(F)c1F)(OC)OCC. The Kier molecular flexibility index (Phi) is 12.7. The van der Waals surface area contributed by atoms with Crippen LogP contribution in [0.15, 0.2) is 0 Å². The summed E-state index contributed by atoms with van der Waals surface area (Å²) < 4.78 is 83.6. The second-order valence-electron chi connectivity index (χ2n) is 7.13. The molecule has 0 aromatic heterocycles. The molecule has 0 unspecified atom stereocenters. The molecule has 1 rings (SSSR count). The molecule has 0 fully saturated rings. The van der Waals surface area contributed by atoms with Crippen LogP contribution < -0.4 is 0 Å². The van der Waals surface area contributed by atoms with Gasteiger partial charge in [-0.3, -0.25) is 0 Å². The maximum absolute atomic E-state index is 13.6. The Morgan fingerprint density at radius 1 is 0.600 bits per heavy atom. The predicted molar refractivity (Wildman–Crippen MR) is 108 cm³/mol. The summed E-state index contributed by atoms with van der Waals surface area (Å²) in [5, 5.41) is 0. The van der Waals surface area contributed by atoms with Gasteiger partial charge in [-0.15, -0.1) is 0 Å². The maximum Gasteiger partial charge on any atom is 0.500 e. The highest BCUT2D eigenvalue weighted by molar-refractivity contribution is 6.60. The van der Waals surface area contributed by atoms with Crippen LogP contribution >= 0.6 is 0 Å². The zero-order valence-corrected chi connectivity index (χ0v) is 19.1. The Balaban J connectivity index is 2.22. The molecular formula is C21H33F5O3Si. The second-order valence-corrected chi connectivity index (χ2v) is 9.98. The minimum Gasteiger partial charge on any atom is -0.377 e. The summed E-state index contributed by atoms with van der Waals surface area (Å²) in [6.07, 6.45) is 6.76. The molecule has 30 heavy (non-hydrogen) atoms. The molecule has 0 amide bonds. The molecule has 0 radical (unpaired) electrons. The summed E-state index contributed by atoms with van der Waals surface area (Å²) >= 11 is 0. The van der Waals surface area contributed by atoms with Gasteiger partial charge in [-0.05, 0) is 33.1 Å². The molecule has 174 valence electrons. The van der Waals surface area contributed by atoms with Gasteiger partial charge in [-0.25, -0.2) is 22.0 Å². The van der Waals surface area contributed by atoms with Crippen molar-refractivity contribution in [3.8, 4) is 0 Å². The van der Waals surface area contributed by atoms with Gasteiger partial charge in [-0.2, -0.15) is 0 Å². The van der Waals surface area contributed by atoms with Gasteiger partial charge in [0.25, 0.3) is 0 Å². The largest absolute Gasteiger partial charge is 0.500 e. The minimum atomic E-state index is -2.55. The molecule has 0 aliphatic carbocycles. The lowest BCUT2D eigenvalue weighted by molar-refractivity contribution is 0.0859. The van der Waals surface area contributed by atoms with E-state index < -0.39 is 43.5 Å². The highest BCUT2D eigenvalue weighted by Gasteiger charge is 2.38. The molecular weight excluding hydrogens is 423 g/mol. The van der Waals surface area contributed by atoms with E-state index in [1.165, 1.54) is 0 Å². The molecule has 0 atom stereocenters. The first-order valence-corrected chi connectivity index (χ1v) is 12.6. The average Bonchev–Trinajstić information content (AvgIpc) is 2.74. The van der Waals surface area contributed by atoms with Gasteiger partial charge in [0.05, 0.1) is 0 Å². The van der Waals surface area contributed by atoms with Crippen molar-refractivity contribution in [2.45, 2.75) is 77.7 Å². The first-order valence-electron chi connectivity index (χ1n) is 10.7. The molecule has 9 heteroatoms. The topological polar surface area (TPSA) is 27.7 Å². The van der Waals surface area contributed by atoms with E-state index in [2.05, 4.69) is 0 Å². The number of rotatable bonds is 16. The van der Waals surface area contributed by atoms with Crippen molar-refractivity contribution in [2.75, 3.05) is 20.3 Å². The quantitative estimate of drug-likeness (QED) is 0.0910. The second kappa shape index (κ2) is 14.1. The van der Waals surface area contributed by atoms with E-state index in [-0.39, 0.29) is 6.42 Å². The Hall–Kier alpha value is -1.03. The lowest BCUT2D eigenvalue weighted by Gasteiger charge is -2.27. The van der Waals surface area contributed by atoms with Gasteiger partial charge in [0.15, 0.2) is 23.3 Å². The van der Waals surface area contributed by atoms with E-state index in [4.69, 9.17) is 13.3 Å². The molecule has 0 N–H and O–H groups in total. The maximum atomic E-state index is 13.6. The van der Waals surface area contributed by atoms with Crippen molar-refractivity contribution in [1.82, 2.24) is 0 Å². The number of hydrogen-bond donors (Lipinski definition) is 0. The third-order valence-electron chi connectivity index (χ3n) is 5.00. The van der Waals surface area contributed by atoms with Gasteiger partial charge < -0.3 is 13.3 Å². The van der Waals surface area contributed by atoms with E-state index in [0.717, 1.165) is 44.6 Å². The van der Waals surface area contributed by atoms with Gasteiger partial charge >= 0.3 is 8.80 Å². The molecule has 1 aromatic rings. The van der Waals surface area contributed by atoms with Crippen LogP contribution in [-0.2, 0) is 19.7 Å². The summed E-state index contributed by atoms with van der Waals surface area (Å²) in [5.41, 5.74) is -0.721. The third-order valence-corrected chi connectivity index (χ3v) is 8.04. The number of hydrogen-bond acceptors (Lipinski definition) is 3. The van der Waals surface area contributed by atoms with Crippen LogP contribution in [0.4, 0.5) is 22.0 Å². The van der Waals surface area contributed by atoms with Gasteiger partial charge in [0, 0.05) is 31.9 Å². The van der Waals surface area contributed by atoms with Crippen LogP contribution in [0.2, 0.25) is 6.04 Å². The van der Waals surface area contributed by atoms with Crippen LogP contribution in [0.5, 0.6) is 0 Å². The molecule has 0 aliphatic rings. The highest BCUT2D eigenvalue weighted by atomic mass is 28.4. The fraction of sp³-hybridized carbons (Fsp3) is 0.714. The van der Waals surface area contributed by atoms with Crippen molar-refractivity contribution in [3.63, 3.8) is 0 Å². The molecule has 0 aliphatic heterocycles. The van der Waals surface area contributed by atoms with E-state index in [1.807, 2.05) is 13.8 Å². The highest BCUT2D eigenvalue weighted by Crippen LogP contribution is 2.25. The molecule has 0 bridgehead atoms. The smallest absolute Gasteiger partial charge is 0.377 e. The lowest BCUT2D eigenvalue weighted by atomic mass is 10.0. The van der Waals surface area contributed by atoms with Crippen LogP contribution in [0.1, 0.15) is 70.8 Å². The van der Waals surface area contributed by atoms with Crippen LogP contribution in [0.3, 0.4) is 0 Å². The third kappa shape index (κ3) is 7.90. The zero-order chi connectivity index (χ0) is 22.6. The van der Waals surface area contributed by atoms with E-state index in [1.54, 1.807) is 7.11 Å². The van der Waals surface area contributed by atoms with Crippen molar-refractivity contribution in [2.24, 2.45) is 0 Å². The summed E-state index contributed by atoms with van der Waals surface area (Å²) in [5.74, 6) is -9.31. The Morgan fingerprint density at radius 3 is 1.43 bits per heavy atom. The first-order chi connectivity index (χ1) is 14.3. The van der Waals surface area contributed by atoms with Crippen molar-refractivity contribution in [1.29, 1.82) is 0 Å². The summed E-state index contributed by atoms with van der Waals surface area (Å²) in [6, 6.07) is 0.785. The lowest BCUT2D eigenvalue weighted by Crippen LogP contribution is -2.44. The molecule has 0 saturated heterocycles. The van der Waals surface area contributed by atoms with E-state index >= 15 is 0 Å². The Bertz CT molecular complexity index is 611. The Morgan fingerprint density at radius 2 is 1.00 bits per heavy atom. The van der Waals surface area contributed by atoms with E-state index in [9.17, 15) is 22.0 Å². The van der Waals surface area contributed by atoms with Crippen LogP contribution in [0, 0.1) is 29.1 Å². The number of benzene rings is 1. The van der Waals surface area contributed by atoms with Crippen molar-refractivity contribution in [3.05, 3.63) is 34.6 Å². The summed E-state index contributed by atoms with van der Waals surface area (Å²) in [7, 11) is -0.918. The minimum absolute atomic E-state index is 0.162. The average molecular weight is 457 g/mol. The molecule has 0 saturated carbocycles. The standard InChI is InChI=1S/C21H33F5O3Si/c1-4-28-30(27-3,29-5-2)15-13-11-9-7-6-8-10-12-14-16-17(22)19(24)21(26)20(25)18(16)23/h4-15H2,1-3H3. The Labute approximate surface area is 177 Å². The molecule has 3 nitrogen and oxygen atoms in total. The first kappa shape index (κ1) is 27.0. The fourth-order valence-electron chi connectivity index (χ4n) is 3.42. The van der Waals surface area contributed by atoms with Crippen LogP contribution in [0.25, 0.3) is 0 Å². The van der Waals surface area contributed by atoms with Gasteiger partial charge in [0.2, 0.25) is 5.82 Å². The summed E-state index contributed by atoms with van der Waals surface area (Å²) in [6.45, 7) is 4.97. The predicted octanol–water partition coefficient (Wildman–Crippen LogP) is 6.70. The molecule has 1 aromatic carbocycles. The van der Waals surface area contributed by atoms with Crippen LogP contribution in [-0.4, -0.2) is 29.1 Å². The molecule has 0 heterocycles. The fourth-order valence-corrected chi connectivity index (χ4v) is 5.79. The van der Waals surface area contributed by atoms with Crippen molar-refractivity contribution < 1.29 is 35.2 Å². The zero-order valence-electron chi connectivity index (χ0n) is 18.1. The number of unbranched alkanes of at least 4 members (excludes halogenated alkanes) is 7. The van der Waals surface area contributed by atoms with Gasteiger partial charge in [0.1, 0.15) is 0 Å². The van der Waals surface area contributed by atoms with Gasteiger partial charge in [-0.1, -0.05) is 38.5 Å². The molecule has 0 spiro atoms. The van der Waals surface area contributed by atoms with E-state index in [0.29, 0.717) is 26.1 Å². The number of halogens is 5. The normalized spacial score (nSPS) is 12.0.